The number of carboxylic acids is 1. The number of allylic oxidation sites excluding steroid dienone is 1. The lowest BCUT2D eigenvalue weighted by atomic mass is 9.96. The van der Waals surface area contributed by atoms with Gasteiger partial charge >= 0.3 is 5.97 Å². The minimum atomic E-state index is -0.789. The smallest absolute Gasteiger partial charge is 0.303 e. The molecule has 1 N–H and O–H groups in total. The lowest BCUT2D eigenvalue weighted by Gasteiger charge is -2.37. The highest BCUT2D eigenvalue weighted by Gasteiger charge is 2.30. The van der Waals surface area contributed by atoms with E-state index in [2.05, 4.69) is 0 Å². The monoisotopic (exact) mass is 183 g/mol. The van der Waals surface area contributed by atoms with Crippen LogP contribution in [0.2, 0.25) is 0 Å². The van der Waals surface area contributed by atoms with Gasteiger partial charge in [-0.3, -0.25) is 9.59 Å². The van der Waals surface area contributed by atoms with E-state index in [-0.39, 0.29) is 18.2 Å². The minimum absolute atomic E-state index is 0.0239. The number of rotatable bonds is 3. The van der Waals surface area contributed by atoms with E-state index in [1.54, 1.807) is 17.9 Å². The predicted octanol–water partition coefficient (Wildman–Crippen LogP) is 0.496. The van der Waals surface area contributed by atoms with Gasteiger partial charge in [-0.05, 0) is 13.0 Å². The van der Waals surface area contributed by atoms with Gasteiger partial charge in [-0.2, -0.15) is 0 Å². The Morgan fingerprint density at radius 3 is 2.62 bits per heavy atom. The van der Waals surface area contributed by atoms with Gasteiger partial charge in [0.05, 0.1) is 6.42 Å². The predicted molar refractivity (Wildman–Crippen MR) is 47.1 cm³/mol. The van der Waals surface area contributed by atoms with Crippen LogP contribution in [-0.2, 0) is 9.59 Å². The first-order chi connectivity index (χ1) is 6.13. The Kier molecular flexibility index (Phi) is 3.06. The van der Waals surface area contributed by atoms with Crippen molar-refractivity contribution >= 4 is 11.9 Å². The molecule has 1 aliphatic heterocycles. The van der Waals surface area contributed by atoms with E-state index in [0.717, 1.165) is 0 Å². The van der Waals surface area contributed by atoms with Crippen LogP contribution >= 0.6 is 0 Å². The molecule has 0 atom stereocenters. The molecule has 1 amide bonds. The third-order valence-electron chi connectivity index (χ3n) is 2.04. The number of likely N-dealkylation sites (tertiary alicyclic amines) is 1. The van der Waals surface area contributed by atoms with Crippen molar-refractivity contribution in [2.24, 2.45) is 5.92 Å². The SMILES string of the molecule is CC=CC(=O)N1CC(CC(=O)O)C1. The van der Waals surface area contributed by atoms with E-state index in [1.165, 1.54) is 6.08 Å². The average molecular weight is 183 g/mol. The molecule has 0 aromatic rings. The average Bonchev–Trinajstić information content (AvgIpc) is 1.95. The first-order valence-electron chi connectivity index (χ1n) is 4.27. The van der Waals surface area contributed by atoms with Crippen LogP contribution in [0.15, 0.2) is 12.2 Å². The zero-order valence-corrected chi connectivity index (χ0v) is 7.56. The molecule has 1 rings (SSSR count). The normalized spacial score (nSPS) is 17.5. The van der Waals surface area contributed by atoms with Crippen LogP contribution in [0.25, 0.3) is 0 Å². The second-order valence-corrected chi connectivity index (χ2v) is 3.21. The fraction of sp³-hybridized carbons (Fsp3) is 0.556. The molecule has 4 heteroatoms. The third kappa shape index (κ3) is 2.57. The van der Waals surface area contributed by atoms with Gasteiger partial charge < -0.3 is 10.0 Å². The first-order valence-corrected chi connectivity index (χ1v) is 4.27. The molecule has 1 saturated heterocycles. The second-order valence-electron chi connectivity index (χ2n) is 3.21. The molecular weight excluding hydrogens is 170 g/mol. The summed E-state index contributed by atoms with van der Waals surface area (Å²) in [5.41, 5.74) is 0. The van der Waals surface area contributed by atoms with Crippen LogP contribution in [0.5, 0.6) is 0 Å². The molecular formula is C9H13NO3. The standard InChI is InChI=1S/C9H13NO3/c1-2-3-8(11)10-5-7(6-10)4-9(12)13/h2-3,7H,4-6H2,1H3,(H,12,13). The molecule has 0 bridgehead atoms. The molecule has 0 unspecified atom stereocenters. The van der Waals surface area contributed by atoms with Gasteiger partial charge in [-0.25, -0.2) is 0 Å². The summed E-state index contributed by atoms with van der Waals surface area (Å²) in [5.74, 6) is -0.668. The molecule has 0 aromatic heterocycles. The molecule has 0 aliphatic carbocycles. The molecule has 4 nitrogen and oxygen atoms in total. The van der Waals surface area contributed by atoms with Gasteiger partial charge in [0.15, 0.2) is 0 Å². The highest BCUT2D eigenvalue weighted by molar-refractivity contribution is 5.88. The first kappa shape index (κ1) is 9.77. The minimum Gasteiger partial charge on any atom is -0.481 e. The number of hydrogen-bond donors (Lipinski definition) is 1. The lowest BCUT2D eigenvalue weighted by Crippen LogP contribution is -2.49. The molecule has 1 fully saturated rings. The maximum absolute atomic E-state index is 11.1. The summed E-state index contributed by atoms with van der Waals surface area (Å²) < 4.78 is 0. The Labute approximate surface area is 76.8 Å². The van der Waals surface area contributed by atoms with Crippen molar-refractivity contribution in [3.05, 3.63) is 12.2 Å². The Hall–Kier alpha value is -1.32. The summed E-state index contributed by atoms with van der Waals surface area (Å²) in [6.45, 7) is 2.94. The topological polar surface area (TPSA) is 57.6 Å². The van der Waals surface area contributed by atoms with Crippen LogP contribution in [0, 0.1) is 5.92 Å². The highest BCUT2D eigenvalue weighted by atomic mass is 16.4. The van der Waals surface area contributed by atoms with Crippen LogP contribution in [0.1, 0.15) is 13.3 Å². The second kappa shape index (κ2) is 4.07. The molecule has 1 heterocycles. The molecule has 72 valence electrons. The number of aliphatic carboxylic acids is 1. The maximum Gasteiger partial charge on any atom is 0.303 e. The molecule has 13 heavy (non-hydrogen) atoms. The Morgan fingerprint density at radius 2 is 2.15 bits per heavy atom. The number of amides is 1. The zero-order valence-electron chi connectivity index (χ0n) is 7.56. The van der Waals surface area contributed by atoms with Crippen LogP contribution in [0.3, 0.4) is 0 Å². The number of carbonyl (C=O) groups excluding carboxylic acids is 1. The summed E-state index contributed by atoms with van der Waals surface area (Å²) in [5, 5.41) is 8.46. The van der Waals surface area contributed by atoms with E-state index in [4.69, 9.17) is 5.11 Å². The maximum atomic E-state index is 11.1. The van der Waals surface area contributed by atoms with E-state index >= 15 is 0 Å². The van der Waals surface area contributed by atoms with Crippen molar-refractivity contribution in [3.63, 3.8) is 0 Å². The summed E-state index contributed by atoms with van der Waals surface area (Å²) in [6.07, 6.45) is 3.35. The Morgan fingerprint density at radius 1 is 1.54 bits per heavy atom. The molecule has 1 aliphatic rings. The van der Waals surface area contributed by atoms with Crippen LogP contribution in [-0.4, -0.2) is 35.0 Å². The van der Waals surface area contributed by atoms with Gasteiger partial charge in [-0.1, -0.05) is 6.08 Å². The summed E-state index contributed by atoms with van der Waals surface area (Å²) >= 11 is 0. The van der Waals surface area contributed by atoms with Crippen molar-refractivity contribution in [1.29, 1.82) is 0 Å². The van der Waals surface area contributed by atoms with Crippen molar-refractivity contribution in [3.8, 4) is 0 Å². The highest BCUT2D eigenvalue weighted by Crippen LogP contribution is 2.18. The van der Waals surface area contributed by atoms with Crippen molar-refractivity contribution in [1.82, 2.24) is 4.90 Å². The molecule has 0 spiro atoms. The summed E-state index contributed by atoms with van der Waals surface area (Å²) in [6, 6.07) is 0. The number of hydrogen-bond acceptors (Lipinski definition) is 2. The van der Waals surface area contributed by atoms with Gasteiger partial charge in [0.1, 0.15) is 0 Å². The zero-order chi connectivity index (χ0) is 9.84. The van der Waals surface area contributed by atoms with Gasteiger partial charge in [-0.15, -0.1) is 0 Å². The molecule has 0 aromatic carbocycles. The fourth-order valence-electron chi connectivity index (χ4n) is 1.37. The summed E-state index contributed by atoms with van der Waals surface area (Å²) in [7, 11) is 0. The molecule has 0 saturated carbocycles. The molecule has 0 radical (unpaired) electrons. The van der Waals surface area contributed by atoms with Crippen molar-refractivity contribution in [2.75, 3.05) is 13.1 Å². The largest absolute Gasteiger partial charge is 0.481 e. The summed E-state index contributed by atoms with van der Waals surface area (Å²) in [4.78, 5) is 23.1. The van der Waals surface area contributed by atoms with E-state index in [1.807, 2.05) is 0 Å². The lowest BCUT2D eigenvalue weighted by molar-refractivity contribution is -0.143. The van der Waals surface area contributed by atoms with E-state index in [9.17, 15) is 9.59 Å². The van der Waals surface area contributed by atoms with E-state index in [0.29, 0.717) is 13.1 Å². The Bertz CT molecular complexity index is 241. The van der Waals surface area contributed by atoms with Crippen molar-refractivity contribution < 1.29 is 14.7 Å². The van der Waals surface area contributed by atoms with Crippen LogP contribution in [0.4, 0.5) is 0 Å². The number of nitrogens with zero attached hydrogens (tertiary/aromatic N) is 1. The van der Waals surface area contributed by atoms with Gasteiger partial charge in [0.2, 0.25) is 5.91 Å². The third-order valence-corrected chi connectivity index (χ3v) is 2.04. The quantitative estimate of drug-likeness (QED) is 0.648. The van der Waals surface area contributed by atoms with Crippen molar-refractivity contribution in [2.45, 2.75) is 13.3 Å². The van der Waals surface area contributed by atoms with E-state index < -0.39 is 5.97 Å². The fourth-order valence-corrected chi connectivity index (χ4v) is 1.37. The van der Waals surface area contributed by atoms with Gasteiger partial charge in [0.25, 0.3) is 0 Å². The Balaban J connectivity index is 2.25. The van der Waals surface area contributed by atoms with Gasteiger partial charge in [0, 0.05) is 19.0 Å². The number of carboxylic acid groups (broad SMARTS) is 1. The van der Waals surface area contributed by atoms with Crippen LogP contribution < -0.4 is 0 Å². The number of carbonyl (C=O) groups is 2.